The van der Waals surface area contributed by atoms with Crippen LogP contribution in [0.15, 0.2) is 82.8 Å². The number of hydrogen-bond acceptors (Lipinski definition) is 8. The first-order valence-corrected chi connectivity index (χ1v) is 13.4. The van der Waals surface area contributed by atoms with Gasteiger partial charge >= 0.3 is 0 Å². The normalized spacial score (nSPS) is 13.1. The molecule has 1 aromatic heterocycles. The minimum absolute atomic E-state index is 0.0285. The highest BCUT2D eigenvalue weighted by Gasteiger charge is 2.25. The Morgan fingerprint density at radius 3 is 2.67 bits per heavy atom. The summed E-state index contributed by atoms with van der Waals surface area (Å²) < 4.78 is 40.8. The molecule has 9 nitrogen and oxygen atoms in total. The van der Waals surface area contributed by atoms with Crippen molar-refractivity contribution in [2.75, 3.05) is 20.3 Å². The Kier molecular flexibility index (Phi) is 8.16. The molecule has 1 heterocycles. The van der Waals surface area contributed by atoms with E-state index < -0.39 is 16.1 Å². The second kappa shape index (κ2) is 11.5. The van der Waals surface area contributed by atoms with Crippen LogP contribution >= 0.6 is 11.3 Å². The Morgan fingerprint density at radius 1 is 1.11 bits per heavy atom. The Labute approximate surface area is 213 Å². The lowest BCUT2D eigenvalue weighted by molar-refractivity contribution is 0.146. The zero-order valence-corrected chi connectivity index (χ0v) is 21.1. The molecule has 4 aromatic rings. The van der Waals surface area contributed by atoms with Gasteiger partial charge in [0, 0.05) is 12.7 Å². The van der Waals surface area contributed by atoms with Gasteiger partial charge in [0.1, 0.15) is 17.4 Å². The van der Waals surface area contributed by atoms with Crippen molar-refractivity contribution >= 4 is 37.4 Å². The van der Waals surface area contributed by atoms with E-state index in [4.69, 9.17) is 25.4 Å². The van der Waals surface area contributed by atoms with Gasteiger partial charge in [-0.3, -0.25) is 0 Å². The van der Waals surface area contributed by atoms with Crippen molar-refractivity contribution in [3.8, 4) is 5.75 Å². The van der Waals surface area contributed by atoms with Crippen LogP contribution in [0.5, 0.6) is 5.75 Å². The summed E-state index contributed by atoms with van der Waals surface area (Å²) in [6.07, 6.45) is 0.301. The molecule has 0 aliphatic heterocycles. The number of aromatic nitrogens is 1. The molecule has 1 atom stereocenters. The van der Waals surface area contributed by atoms with E-state index in [2.05, 4.69) is 9.88 Å². The topological polar surface area (TPSA) is 136 Å². The number of methoxy groups -OCH3 is 1. The van der Waals surface area contributed by atoms with E-state index in [0.717, 1.165) is 15.8 Å². The summed E-state index contributed by atoms with van der Waals surface area (Å²) in [5.74, 6) is 0.655. The lowest BCUT2D eigenvalue weighted by Gasteiger charge is -2.17. The summed E-state index contributed by atoms with van der Waals surface area (Å²) in [4.78, 5) is 4.88. The third-order valence-corrected chi connectivity index (χ3v) is 7.97. The number of fused-ring (bicyclic) bond motifs is 1. The zero-order chi connectivity index (χ0) is 25.5. The molecule has 0 fully saturated rings. The van der Waals surface area contributed by atoms with Crippen molar-refractivity contribution in [1.82, 2.24) is 9.71 Å². The summed E-state index contributed by atoms with van der Waals surface area (Å²) in [6, 6.07) is 20.2. The van der Waals surface area contributed by atoms with Crippen LogP contribution in [0.4, 0.5) is 0 Å². The van der Waals surface area contributed by atoms with Crippen LogP contribution in [-0.2, 0) is 21.2 Å². The van der Waals surface area contributed by atoms with Crippen LogP contribution < -0.4 is 15.2 Å². The second-order valence-corrected chi connectivity index (χ2v) is 10.7. The lowest BCUT2D eigenvalue weighted by atomic mass is 10.0. The quantitative estimate of drug-likeness (QED) is 0.0892. The van der Waals surface area contributed by atoms with Gasteiger partial charge in [-0.15, -0.1) is 11.3 Å². The van der Waals surface area contributed by atoms with Gasteiger partial charge in [-0.1, -0.05) is 41.6 Å². The molecule has 0 aliphatic rings. The number of thiazole rings is 1. The van der Waals surface area contributed by atoms with Crippen LogP contribution in [0.1, 0.15) is 22.2 Å². The molecular weight excluding hydrogens is 500 g/mol. The lowest BCUT2D eigenvalue weighted by Crippen LogP contribution is -2.30. The number of sulfonamides is 1. The largest absolute Gasteiger partial charge is 0.491 e. The molecule has 0 bridgehead atoms. The number of ether oxygens (including phenoxy) is 2. The average Bonchev–Trinajstić information content (AvgIpc) is 3.32. The van der Waals surface area contributed by atoms with Crippen LogP contribution in [0.3, 0.4) is 0 Å². The summed E-state index contributed by atoms with van der Waals surface area (Å²) in [6.45, 7) is 0.893. The van der Waals surface area contributed by atoms with Crippen molar-refractivity contribution in [2.24, 2.45) is 10.9 Å². The molecule has 188 valence electrons. The maximum atomic E-state index is 13.2. The molecule has 0 amide bonds. The highest BCUT2D eigenvalue weighted by molar-refractivity contribution is 7.89. The summed E-state index contributed by atoms with van der Waals surface area (Å²) in [7, 11) is -2.22. The molecule has 0 saturated heterocycles. The number of amidine groups is 1. The number of hydrogen-bond donors (Lipinski definition) is 3. The van der Waals surface area contributed by atoms with Gasteiger partial charge in [0.25, 0.3) is 0 Å². The smallest absolute Gasteiger partial charge is 0.241 e. The molecule has 11 heteroatoms. The summed E-state index contributed by atoms with van der Waals surface area (Å²) in [5.41, 5.74) is 7.81. The van der Waals surface area contributed by atoms with Crippen LogP contribution in [0, 0.1) is 0 Å². The van der Waals surface area contributed by atoms with Gasteiger partial charge < -0.3 is 20.4 Å². The Bertz CT molecular complexity index is 1460. The van der Waals surface area contributed by atoms with E-state index in [-0.39, 0.29) is 10.7 Å². The number of benzene rings is 3. The van der Waals surface area contributed by atoms with Crippen LogP contribution in [0.2, 0.25) is 0 Å². The number of nitrogens with two attached hydrogens (primary N) is 1. The van der Waals surface area contributed by atoms with Gasteiger partial charge in [-0.05, 0) is 48.4 Å². The number of rotatable bonds is 11. The molecule has 0 radical (unpaired) electrons. The molecule has 0 saturated carbocycles. The highest BCUT2D eigenvalue weighted by atomic mass is 32.2. The van der Waals surface area contributed by atoms with Gasteiger partial charge in [0.05, 0.1) is 27.8 Å². The molecule has 0 spiro atoms. The standard InChI is InChI=1S/C25H26N4O5S2/c1-33-12-13-34-19-10-11-21-23(16-19)35-25(27-21)22(29-36(31,32)20-8-3-2-4-9-20)15-17-6-5-7-18(14-17)24(26)28-30/h2-11,14,16,22,29-30H,12-13,15H2,1H3,(H2,26,28). The van der Waals surface area contributed by atoms with Crippen molar-refractivity contribution in [2.45, 2.75) is 17.4 Å². The predicted octanol–water partition coefficient (Wildman–Crippen LogP) is 3.68. The van der Waals surface area contributed by atoms with E-state index in [1.165, 1.54) is 11.3 Å². The Morgan fingerprint density at radius 2 is 1.92 bits per heavy atom. The molecule has 0 aliphatic carbocycles. The first-order valence-electron chi connectivity index (χ1n) is 11.1. The van der Waals surface area contributed by atoms with E-state index in [0.29, 0.717) is 36.0 Å². The van der Waals surface area contributed by atoms with Gasteiger partial charge in [-0.2, -0.15) is 0 Å². The number of nitrogens with zero attached hydrogens (tertiary/aromatic N) is 2. The maximum Gasteiger partial charge on any atom is 0.241 e. The minimum Gasteiger partial charge on any atom is -0.491 e. The van der Waals surface area contributed by atoms with Crippen molar-refractivity contribution < 1.29 is 23.1 Å². The summed E-state index contributed by atoms with van der Waals surface area (Å²) in [5, 5.41) is 12.7. The highest BCUT2D eigenvalue weighted by Crippen LogP contribution is 2.32. The van der Waals surface area contributed by atoms with E-state index in [9.17, 15) is 8.42 Å². The van der Waals surface area contributed by atoms with E-state index >= 15 is 0 Å². The van der Waals surface area contributed by atoms with E-state index in [1.807, 2.05) is 24.3 Å². The van der Waals surface area contributed by atoms with Gasteiger partial charge in [0.15, 0.2) is 5.84 Å². The third-order valence-electron chi connectivity index (χ3n) is 5.35. The fourth-order valence-electron chi connectivity index (χ4n) is 3.59. The zero-order valence-electron chi connectivity index (χ0n) is 19.5. The molecule has 4 N–H and O–H groups in total. The van der Waals surface area contributed by atoms with Crippen molar-refractivity contribution in [3.63, 3.8) is 0 Å². The molecule has 36 heavy (non-hydrogen) atoms. The molecule has 1 unspecified atom stereocenters. The fraction of sp³-hybridized carbons (Fsp3) is 0.200. The Hall–Kier alpha value is -3.51. The minimum atomic E-state index is -3.83. The maximum absolute atomic E-state index is 13.2. The molecule has 4 rings (SSSR count). The predicted molar refractivity (Wildman–Crippen MR) is 139 cm³/mol. The van der Waals surface area contributed by atoms with Crippen LogP contribution in [0.25, 0.3) is 10.2 Å². The molecule has 3 aromatic carbocycles. The number of oxime groups is 1. The van der Waals surface area contributed by atoms with Crippen LogP contribution in [-0.4, -0.2) is 44.8 Å². The van der Waals surface area contributed by atoms with Gasteiger partial charge in [-0.25, -0.2) is 18.1 Å². The van der Waals surface area contributed by atoms with E-state index in [1.54, 1.807) is 55.6 Å². The fourth-order valence-corrected chi connectivity index (χ4v) is 5.93. The SMILES string of the molecule is COCCOc1ccc2nc(C(Cc3cccc(C(N)=NO)c3)NS(=O)(=O)c3ccccc3)sc2c1. The van der Waals surface area contributed by atoms with Crippen molar-refractivity contribution in [1.29, 1.82) is 0 Å². The first kappa shape index (κ1) is 25.6. The monoisotopic (exact) mass is 526 g/mol. The number of nitrogens with one attached hydrogen (secondary N) is 1. The Balaban J connectivity index is 1.69. The third kappa shape index (κ3) is 6.18. The van der Waals surface area contributed by atoms with Crippen molar-refractivity contribution in [3.05, 3.63) is 88.9 Å². The molecular formula is C25H26N4O5S2. The first-order chi connectivity index (χ1) is 17.4. The van der Waals surface area contributed by atoms with Gasteiger partial charge in [0.2, 0.25) is 10.0 Å². The average molecular weight is 527 g/mol. The summed E-state index contributed by atoms with van der Waals surface area (Å²) >= 11 is 1.39. The second-order valence-electron chi connectivity index (χ2n) is 7.90.